The topological polar surface area (TPSA) is 64.0 Å². The van der Waals surface area contributed by atoms with Gasteiger partial charge in [0.25, 0.3) is 5.56 Å². The van der Waals surface area contributed by atoms with Crippen molar-refractivity contribution in [1.82, 2.24) is 15.1 Å². The second kappa shape index (κ2) is 9.46. The van der Waals surface area contributed by atoms with E-state index >= 15 is 0 Å². The molecule has 1 atom stereocenters. The number of hydrogen-bond donors (Lipinski definition) is 1. The monoisotopic (exact) mass is 439 g/mol. The highest BCUT2D eigenvalue weighted by atomic mass is 79.9. The number of nitrogens with one attached hydrogen (secondary N) is 1. The summed E-state index contributed by atoms with van der Waals surface area (Å²) in [4.78, 5) is 24.5. The number of aromatic nitrogens is 2. The molecule has 3 rings (SSSR count). The van der Waals surface area contributed by atoms with Crippen LogP contribution in [0.3, 0.4) is 0 Å². The maximum atomic E-state index is 12.4. The molecule has 6 heteroatoms. The fraction of sp³-hybridized carbons (Fsp3) is 0.227. The predicted molar refractivity (Wildman–Crippen MR) is 114 cm³/mol. The molecule has 0 aliphatic rings. The molecule has 1 N–H and O–H groups in total. The maximum absolute atomic E-state index is 12.4. The smallest absolute Gasteiger partial charge is 0.267 e. The number of hydrogen-bond acceptors (Lipinski definition) is 3. The van der Waals surface area contributed by atoms with Crippen molar-refractivity contribution in [3.8, 4) is 11.3 Å². The molecular weight excluding hydrogens is 418 g/mol. The van der Waals surface area contributed by atoms with E-state index in [1.807, 2.05) is 49.4 Å². The van der Waals surface area contributed by atoms with E-state index in [9.17, 15) is 9.59 Å². The molecule has 0 spiro atoms. The summed E-state index contributed by atoms with van der Waals surface area (Å²) in [5.74, 6) is -0.219. The third-order valence-corrected chi connectivity index (χ3v) is 4.94. The molecule has 0 aliphatic carbocycles. The van der Waals surface area contributed by atoms with Crippen molar-refractivity contribution in [2.45, 2.75) is 32.4 Å². The Balaban J connectivity index is 1.61. The average molecular weight is 440 g/mol. The van der Waals surface area contributed by atoms with E-state index in [0.29, 0.717) is 5.69 Å². The largest absolute Gasteiger partial charge is 0.352 e. The fourth-order valence-corrected chi connectivity index (χ4v) is 3.16. The van der Waals surface area contributed by atoms with Gasteiger partial charge in [0.05, 0.1) is 5.69 Å². The van der Waals surface area contributed by atoms with E-state index in [-0.39, 0.29) is 24.1 Å². The van der Waals surface area contributed by atoms with Gasteiger partial charge >= 0.3 is 0 Å². The summed E-state index contributed by atoms with van der Waals surface area (Å²) in [5, 5.41) is 7.29. The van der Waals surface area contributed by atoms with Crippen LogP contribution in [0.15, 0.2) is 76.0 Å². The van der Waals surface area contributed by atoms with Gasteiger partial charge in [0.1, 0.15) is 6.54 Å². The summed E-state index contributed by atoms with van der Waals surface area (Å²) in [5.41, 5.74) is 2.47. The first-order chi connectivity index (χ1) is 13.5. The van der Waals surface area contributed by atoms with E-state index in [4.69, 9.17) is 0 Å². The van der Waals surface area contributed by atoms with Crippen molar-refractivity contribution in [2.75, 3.05) is 0 Å². The number of halogens is 1. The number of nitrogens with zero attached hydrogens (tertiary/aromatic N) is 2. The van der Waals surface area contributed by atoms with Gasteiger partial charge in [-0.3, -0.25) is 9.59 Å². The highest BCUT2D eigenvalue weighted by molar-refractivity contribution is 9.10. The molecule has 0 saturated carbocycles. The SMILES string of the molecule is C[C@H](CCc1ccccc1)NC(=O)Cn1nc(-c2ccc(Br)cc2)ccc1=O. The molecule has 5 nitrogen and oxygen atoms in total. The number of benzene rings is 2. The number of carbonyl (C=O) groups excluding carboxylic acids is 1. The summed E-state index contributed by atoms with van der Waals surface area (Å²) in [6.07, 6.45) is 1.72. The van der Waals surface area contributed by atoms with Gasteiger partial charge in [0.15, 0.2) is 0 Å². The molecule has 28 heavy (non-hydrogen) atoms. The van der Waals surface area contributed by atoms with Crippen LogP contribution in [0.25, 0.3) is 11.3 Å². The minimum absolute atomic E-state index is 0.0121. The molecule has 0 bridgehead atoms. The second-order valence-corrected chi connectivity index (χ2v) is 7.63. The molecular formula is C22H22BrN3O2. The van der Waals surface area contributed by atoms with E-state index in [1.54, 1.807) is 6.07 Å². The zero-order valence-electron chi connectivity index (χ0n) is 15.6. The molecule has 144 valence electrons. The van der Waals surface area contributed by atoms with Crippen LogP contribution in [0.1, 0.15) is 18.9 Å². The van der Waals surface area contributed by atoms with Crippen LogP contribution >= 0.6 is 15.9 Å². The quantitative estimate of drug-likeness (QED) is 0.608. The Bertz CT molecular complexity index is 985. The van der Waals surface area contributed by atoms with Gasteiger partial charge in [0.2, 0.25) is 5.91 Å². The fourth-order valence-electron chi connectivity index (χ4n) is 2.89. The van der Waals surface area contributed by atoms with Crippen molar-refractivity contribution in [2.24, 2.45) is 0 Å². The van der Waals surface area contributed by atoms with Crippen molar-refractivity contribution < 1.29 is 4.79 Å². The Morgan fingerprint density at radius 1 is 1.07 bits per heavy atom. The first-order valence-corrected chi connectivity index (χ1v) is 9.98. The molecule has 0 aliphatic heterocycles. The molecule has 1 amide bonds. The first kappa shape index (κ1) is 20.0. The zero-order chi connectivity index (χ0) is 19.9. The van der Waals surface area contributed by atoms with Gasteiger partial charge < -0.3 is 5.32 Å². The van der Waals surface area contributed by atoms with Gasteiger partial charge in [0, 0.05) is 22.1 Å². The van der Waals surface area contributed by atoms with Crippen LogP contribution in [-0.2, 0) is 17.8 Å². The van der Waals surface area contributed by atoms with Crippen LogP contribution in [0, 0.1) is 0 Å². The van der Waals surface area contributed by atoms with Crippen LogP contribution < -0.4 is 10.9 Å². The van der Waals surface area contributed by atoms with Gasteiger partial charge in [-0.1, -0.05) is 58.4 Å². The van der Waals surface area contributed by atoms with Crippen LogP contribution in [0.4, 0.5) is 0 Å². The van der Waals surface area contributed by atoms with Crippen LogP contribution in [-0.4, -0.2) is 21.7 Å². The minimum Gasteiger partial charge on any atom is -0.352 e. The molecule has 0 radical (unpaired) electrons. The summed E-state index contributed by atoms with van der Waals surface area (Å²) < 4.78 is 2.17. The van der Waals surface area contributed by atoms with Gasteiger partial charge in [-0.2, -0.15) is 5.10 Å². The first-order valence-electron chi connectivity index (χ1n) is 9.18. The summed E-state index contributed by atoms with van der Waals surface area (Å²) >= 11 is 3.40. The maximum Gasteiger partial charge on any atom is 0.267 e. The highest BCUT2D eigenvalue weighted by Gasteiger charge is 2.11. The Morgan fingerprint density at radius 2 is 1.79 bits per heavy atom. The number of rotatable bonds is 7. The lowest BCUT2D eigenvalue weighted by Gasteiger charge is -2.14. The molecule has 1 heterocycles. The molecule has 3 aromatic rings. The Labute approximate surface area is 172 Å². The second-order valence-electron chi connectivity index (χ2n) is 6.71. The number of amides is 1. The summed E-state index contributed by atoms with van der Waals surface area (Å²) in [7, 11) is 0. The molecule has 0 saturated heterocycles. The van der Waals surface area contributed by atoms with Crippen molar-refractivity contribution in [1.29, 1.82) is 0 Å². The molecule has 0 unspecified atom stereocenters. The lowest BCUT2D eigenvalue weighted by molar-refractivity contribution is -0.122. The standard InChI is InChI=1S/C22H22BrN3O2/c1-16(7-8-17-5-3-2-4-6-17)24-21(27)15-26-22(28)14-13-20(25-26)18-9-11-19(23)12-10-18/h2-6,9-14,16H,7-8,15H2,1H3,(H,24,27)/t16-/m1/s1. The number of aryl methyl sites for hydroxylation is 1. The van der Waals surface area contributed by atoms with Gasteiger partial charge in [-0.25, -0.2) is 4.68 Å². The summed E-state index contributed by atoms with van der Waals surface area (Å²) in [6, 6.07) is 20.9. The van der Waals surface area contributed by atoms with Crippen molar-refractivity contribution in [3.05, 3.63) is 87.1 Å². The van der Waals surface area contributed by atoms with Crippen molar-refractivity contribution in [3.63, 3.8) is 0 Å². The Kier molecular flexibility index (Phi) is 6.76. The highest BCUT2D eigenvalue weighted by Crippen LogP contribution is 2.18. The van der Waals surface area contributed by atoms with Crippen molar-refractivity contribution >= 4 is 21.8 Å². The molecule has 2 aromatic carbocycles. The third-order valence-electron chi connectivity index (χ3n) is 4.42. The predicted octanol–water partition coefficient (Wildman–Crippen LogP) is 3.81. The summed E-state index contributed by atoms with van der Waals surface area (Å²) in [6.45, 7) is 1.87. The normalized spacial score (nSPS) is 11.8. The molecule has 0 fully saturated rings. The third kappa shape index (κ3) is 5.63. The van der Waals surface area contributed by atoms with Gasteiger partial charge in [-0.15, -0.1) is 0 Å². The van der Waals surface area contributed by atoms with E-state index in [0.717, 1.165) is 22.9 Å². The van der Waals surface area contributed by atoms with Crippen LogP contribution in [0.5, 0.6) is 0 Å². The minimum atomic E-state index is -0.298. The lowest BCUT2D eigenvalue weighted by atomic mass is 10.1. The van der Waals surface area contributed by atoms with E-state index < -0.39 is 0 Å². The Hall–Kier alpha value is -2.73. The van der Waals surface area contributed by atoms with Gasteiger partial charge in [-0.05, 0) is 43.5 Å². The Morgan fingerprint density at radius 3 is 2.50 bits per heavy atom. The van der Waals surface area contributed by atoms with Crippen LogP contribution in [0.2, 0.25) is 0 Å². The molecule has 1 aromatic heterocycles. The number of carbonyl (C=O) groups is 1. The van der Waals surface area contributed by atoms with E-state index in [2.05, 4.69) is 38.5 Å². The lowest BCUT2D eigenvalue weighted by Crippen LogP contribution is -2.38. The zero-order valence-corrected chi connectivity index (χ0v) is 17.2. The van der Waals surface area contributed by atoms with E-state index in [1.165, 1.54) is 16.3 Å². The average Bonchev–Trinajstić information content (AvgIpc) is 2.69.